The van der Waals surface area contributed by atoms with Gasteiger partial charge in [-0.1, -0.05) is 47.1 Å². The Bertz CT molecular complexity index is 1150. The van der Waals surface area contributed by atoms with E-state index in [2.05, 4.69) is 22.0 Å². The lowest BCUT2D eigenvalue weighted by Crippen LogP contribution is -2.56. The number of ether oxygens (including phenoxy) is 1. The van der Waals surface area contributed by atoms with Crippen molar-refractivity contribution in [1.29, 1.82) is 0 Å². The lowest BCUT2D eigenvalue weighted by atomic mass is 9.73. The Labute approximate surface area is 211 Å². The fraction of sp³-hybridized carbons (Fsp3) is 0.464. The minimum atomic E-state index is -0.624. The van der Waals surface area contributed by atoms with Gasteiger partial charge in [0.1, 0.15) is 5.82 Å². The van der Waals surface area contributed by atoms with Crippen LogP contribution in [0, 0.1) is 12.7 Å². The lowest BCUT2D eigenvalue weighted by molar-refractivity contribution is -0.143. The summed E-state index contributed by atoms with van der Waals surface area (Å²) >= 11 is 0. The Hall–Kier alpha value is -3.10. The number of amides is 1. The van der Waals surface area contributed by atoms with Crippen LogP contribution in [0.5, 0.6) is 0 Å². The van der Waals surface area contributed by atoms with E-state index in [0.717, 1.165) is 43.6 Å². The average molecular weight is 493 g/mol. The summed E-state index contributed by atoms with van der Waals surface area (Å²) in [6.45, 7) is 7.12. The van der Waals surface area contributed by atoms with Gasteiger partial charge in [0.2, 0.25) is 17.6 Å². The number of nitrogens with zero attached hydrogens (tertiary/aromatic N) is 4. The summed E-state index contributed by atoms with van der Waals surface area (Å²) in [6.07, 6.45) is 2.91. The van der Waals surface area contributed by atoms with Gasteiger partial charge in [0.25, 0.3) is 0 Å². The molecule has 8 heteroatoms. The standard InChI is InChI=1S/C28H33FN4O3/c1-21-4-6-22(7-5-21)26-30-25(36-31-26)3-2-14-32-15-17-33(18-16-32)27(34)28(12-19-35-20-13-28)23-8-10-24(29)11-9-23/h4-11H,2-3,12-20H2,1H3. The number of aromatic nitrogens is 2. The van der Waals surface area contributed by atoms with Gasteiger partial charge >= 0.3 is 0 Å². The third-order valence-electron chi connectivity index (χ3n) is 7.45. The molecule has 0 radical (unpaired) electrons. The van der Waals surface area contributed by atoms with E-state index in [-0.39, 0.29) is 11.7 Å². The van der Waals surface area contributed by atoms with Crippen LogP contribution in [0.25, 0.3) is 11.4 Å². The highest BCUT2D eigenvalue weighted by molar-refractivity contribution is 5.88. The number of aryl methyl sites for hydroxylation is 2. The maximum atomic E-state index is 13.7. The monoisotopic (exact) mass is 492 g/mol. The zero-order chi connectivity index (χ0) is 25.0. The van der Waals surface area contributed by atoms with Crippen LogP contribution < -0.4 is 0 Å². The van der Waals surface area contributed by atoms with E-state index < -0.39 is 5.41 Å². The molecule has 2 saturated heterocycles. The molecule has 2 aromatic carbocycles. The van der Waals surface area contributed by atoms with Gasteiger partial charge in [-0.25, -0.2) is 4.39 Å². The molecule has 2 aliphatic heterocycles. The molecule has 36 heavy (non-hydrogen) atoms. The summed E-state index contributed by atoms with van der Waals surface area (Å²) in [5, 5.41) is 4.12. The van der Waals surface area contributed by atoms with Crippen LogP contribution in [0.3, 0.4) is 0 Å². The first-order valence-electron chi connectivity index (χ1n) is 12.8. The highest BCUT2D eigenvalue weighted by Crippen LogP contribution is 2.37. The molecule has 0 spiro atoms. The first-order chi connectivity index (χ1) is 17.5. The SMILES string of the molecule is Cc1ccc(-c2noc(CCCN3CCN(C(=O)C4(c5ccc(F)cc5)CCOCC4)CC3)n2)cc1. The molecule has 0 saturated carbocycles. The van der Waals surface area contributed by atoms with Crippen molar-refractivity contribution in [2.45, 2.75) is 38.0 Å². The number of hydrogen-bond acceptors (Lipinski definition) is 6. The molecule has 2 aliphatic rings. The Morgan fingerprint density at radius 3 is 2.39 bits per heavy atom. The van der Waals surface area contributed by atoms with Crippen LogP contribution in [-0.2, 0) is 21.4 Å². The average Bonchev–Trinajstić information content (AvgIpc) is 3.39. The molecular weight excluding hydrogens is 459 g/mol. The molecule has 0 unspecified atom stereocenters. The summed E-state index contributed by atoms with van der Waals surface area (Å²) < 4.78 is 24.6. The molecule has 0 atom stereocenters. The first-order valence-corrected chi connectivity index (χ1v) is 12.8. The predicted octanol–water partition coefficient (Wildman–Crippen LogP) is 4.01. The molecule has 0 bridgehead atoms. The van der Waals surface area contributed by atoms with Crippen LogP contribution >= 0.6 is 0 Å². The van der Waals surface area contributed by atoms with Gasteiger partial charge in [0.05, 0.1) is 5.41 Å². The molecule has 1 aromatic heterocycles. The molecule has 190 valence electrons. The summed E-state index contributed by atoms with van der Waals surface area (Å²) in [5.74, 6) is 1.14. The zero-order valence-corrected chi connectivity index (χ0v) is 20.8. The molecule has 0 N–H and O–H groups in total. The van der Waals surface area contributed by atoms with Gasteiger partial charge in [-0.3, -0.25) is 9.69 Å². The number of piperazine rings is 1. The molecule has 3 heterocycles. The Morgan fingerprint density at radius 1 is 1.00 bits per heavy atom. The van der Waals surface area contributed by atoms with E-state index in [1.165, 1.54) is 17.7 Å². The van der Waals surface area contributed by atoms with Crippen LogP contribution in [0.15, 0.2) is 53.1 Å². The van der Waals surface area contributed by atoms with Crippen molar-refractivity contribution in [2.24, 2.45) is 0 Å². The highest BCUT2D eigenvalue weighted by atomic mass is 19.1. The number of carbonyl (C=O) groups is 1. The van der Waals surface area contributed by atoms with E-state index in [0.29, 0.717) is 50.9 Å². The predicted molar refractivity (Wildman–Crippen MR) is 134 cm³/mol. The molecule has 5 rings (SSSR count). The fourth-order valence-corrected chi connectivity index (χ4v) is 5.22. The van der Waals surface area contributed by atoms with E-state index in [9.17, 15) is 9.18 Å². The van der Waals surface area contributed by atoms with Crippen molar-refractivity contribution in [2.75, 3.05) is 45.9 Å². The Kier molecular flexibility index (Phi) is 7.43. The number of carbonyl (C=O) groups excluding carboxylic acids is 1. The van der Waals surface area contributed by atoms with Gasteiger partial charge < -0.3 is 14.2 Å². The fourth-order valence-electron chi connectivity index (χ4n) is 5.22. The maximum Gasteiger partial charge on any atom is 0.233 e. The minimum Gasteiger partial charge on any atom is -0.381 e. The first kappa shape index (κ1) is 24.6. The lowest BCUT2D eigenvalue weighted by Gasteiger charge is -2.43. The summed E-state index contributed by atoms with van der Waals surface area (Å²) in [4.78, 5) is 22.6. The third-order valence-corrected chi connectivity index (χ3v) is 7.45. The Balaban J connectivity index is 1.13. The smallest absolute Gasteiger partial charge is 0.233 e. The van der Waals surface area contributed by atoms with Gasteiger partial charge in [0, 0.05) is 51.4 Å². The minimum absolute atomic E-state index is 0.145. The summed E-state index contributed by atoms with van der Waals surface area (Å²) in [7, 11) is 0. The van der Waals surface area contributed by atoms with Crippen molar-refractivity contribution in [3.05, 3.63) is 71.4 Å². The third kappa shape index (κ3) is 5.34. The van der Waals surface area contributed by atoms with E-state index in [1.807, 2.05) is 29.2 Å². The van der Waals surface area contributed by atoms with Crippen LogP contribution in [-0.4, -0.2) is 71.8 Å². The van der Waals surface area contributed by atoms with Crippen LogP contribution in [0.4, 0.5) is 4.39 Å². The van der Waals surface area contributed by atoms with Crippen LogP contribution in [0.2, 0.25) is 0 Å². The van der Waals surface area contributed by atoms with Gasteiger partial charge in [-0.15, -0.1) is 0 Å². The van der Waals surface area contributed by atoms with Gasteiger partial charge in [-0.2, -0.15) is 4.98 Å². The second kappa shape index (κ2) is 10.9. The number of rotatable bonds is 7. The Morgan fingerprint density at radius 2 is 1.69 bits per heavy atom. The molecular formula is C28H33FN4O3. The van der Waals surface area contributed by atoms with Crippen molar-refractivity contribution in [1.82, 2.24) is 19.9 Å². The highest BCUT2D eigenvalue weighted by Gasteiger charge is 2.44. The second-order valence-electron chi connectivity index (χ2n) is 9.82. The maximum absolute atomic E-state index is 13.7. The second-order valence-corrected chi connectivity index (χ2v) is 9.82. The van der Waals surface area contributed by atoms with Crippen molar-refractivity contribution < 1.29 is 18.4 Å². The van der Waals surface area contributed by atoms with Crippen LogP contribution in [0.1, 0.15) is 36.3 Å². The largest absolute Gasteiger partial charge is 0.381 e. The topological polar surface area (TPSA) is 71.7 Å². The zero-order valence-electron chi connectivity index (χ0n) is 20.8. The molecule has 0 aliphatic carbocycles. The molecule has 7 nitrogen and oxygen atoms in total. The molecule has 2 fully saturated rings. The molecule has 3 aromatic rings. The van der Waals surface area contributed by atoms with Gasteiger partial charge in [0.15, 0.2) is 0 Å². The normalized spacial score (nSPS) is 18.3. The van der Waals surface area contributed by atoms with Crippen molar-refractivity contribution in [3.63, 3.8) is 0 Å². The number of halogens is 1. The summed E-state index contributed by atoms with van der Waals surface area (Å²) in [6, 6.07) is 14.5. The number of benzene rings is 2. The quantitative estimate of drug-likeness (QED) is 0.496. The van der Waals surface area contributed by atoms with E-state index in [4.69, 9.17) is 9.26 Å². The van der Waals surface area contributed by atoms with Crippen molar-refractivity contribution in [3.8, 4) is 11.4 Å². The van der Waals surface area contributed by atoms with Gasteiger partial charge in [-0.05, 0) is 50.4 Å². The van der Waals surface area contributed by atoms with E-state index in [1.54, 1.807) is 12.1 Å². The molecule has 1 amide bonds. The summed E-state index contributed by atoms with van der Waals surface area (Å²) in [5.41, 5.74) is 2.42. The number of hydrogen-bond donors (Lipinski definition) is 0. The van der Waals surface area contributed by atoms with Crippen molar-refractivity contribution >= 4 is 5.91 Å². The van der Waals surface area contributed by atoms with E-state index >= 15 is 0 Å².